The Bertz CT molecular complexity index is 640. The van der Waals surface area contributed by atoms with E-state index in [0.29, 0.717) is 71.8 Å². The van der Waals surface area contributed by atoms with E-state index in [4.69, 9.17) is 60.9 Å². The Morgan fingerprint density at radius 1 is 0.733 bits per heavy atom. The van der Waals surface area contributed by atoms with Gasteiger partial charge in [-0.2, -0.15) is 0 Å². The van der Waals surface area contributed by atoms with Crippen LogP contribution in [0.15, 0.2) is 5.11 Å². The second kappa shape index (κ2) is 40.4. The lowest BCUT2D eigenvalue weighted by molar-refractivity contribution is 0.0480. The van der Waals surface area contributed by atoms with E-state index >= 15 is 0 Å². The Morgan fingerprint density at radius 3 is 1.44 bits per heavy atom. The molecule has 0 fully saturated rings. The van der Waals surface area contributed by atoms with Crippen LogP contribution in [0.5, 0.6) is 0 Å². The molecule has 0 aromatic rings. The summed E-state index contributed by atoms with van der Waals surface area (Å²) in [7, 11) is 0. The summed E-state index contributed by atoms with van der Waals surface area (Å²) in [5.41, 5.74) is 6.86. The molecule has 0 aromatic heterocycles. The summed E-state index contributed by atoms with van der Waals surface area (Å²) in [6.45, 7) is 15.6. The van der Waals surface area contributed by atoms with Gasteiger partial charge in [-0.3, -0.25) is 0 Å². The van der Waals surface area contributed by atoms with Crippen molar-refractivity contribution in [3.63, 3.8) is 0 Å². The molecule has 0 aliphatic heterocycles. The van der Waals surface area contributed by atoms with E-state index in [9.17, 15) is 9.59 Å². The van der Waals surface area contributed by atoms with Crippen molar-refractivity contribution in [2.45, 2.75) is 60.2 Å². The number of halogens is 2. The van der Waals surface area contributed by atoms with Crippen LogP contribution in [0.25, 0.3) is 10.4 Å². The van der Waals surface area contributed by atoms with Crippen LogP contribution in [0.3, 0.4) is 0 Å². The number of hydrogen-bond acceptors (Lipinski definition) is 12. The molecule has 0 heterocycles. The molecule has 0 radical (unpaired) electrons. The summed E-state index contributed by atoms with van der Waals surface area (Å²) in [6.07, 6.45) is -0.856. The predicted molar refractivity (Wildman–Crippen MR) is 178 cm³/mol. The lowest BCUT2D eigenvalue weighted by Gasteiger charge is -2.19. The predicted octanol–water partition coefficient (Wildman–Crippen LogP) is 3.62. The second-order valence-electron chi connectivity index (χ2n) is 9.81. The Hall–Kier alpha value is -1.66. The van der Waals surface area contributed by atoms with Gasteiger partial charge in [0.15, 0.2) is 0 Å². The van der Waals surface area contributed by atoms with Crippen molar-refractivity contribution in [2.75, 3.05) is 104 Å². The summed E-state index contributed by atoms with van der Waals surface area (Å²) in [5.74, 6) is 0.500. The van der Waals surface area contributed by atoms with Crippen molar-refractivity contribution in [1.29, 1.82) is 0 Å². The van der Waals surface area contributed by atoms with Crippen LogP contribution in [0.2, 0.25) is 0 Å². The largest absolute Gasteiger partial charge is 0.444 e. The van der Waals surface area contributed by atoms with Crippen LogP contribution in [0.1, 0.15) is 49.0 Å². The van der Waals surface area contributed by atoms with E-state index in [1.54, 1.807) is 20.8 Å². The summed E-state index contributed by atoms with van der Waals surface area (Å²) in [6, 6.07) is 0. The third kappa shape index (κ3) is 65.9. The van der Waals surface area contributed by atoms with E-state index in [1.165, 1.54) is 0 Å². The minimum absolute atomic E-state index is 0. The van der Waals surface area contributed by atoms with Crippen molar-refractivity contribution in [3.05, 3.63) is 10.4 Å². The number of aliphatic hydroxyl groups is 3. The number of amides is 2. The quantitative estimate of drug-likeness (QED) is 0.0422. The molecule has 18 heteroatoms. The average molecular weight is 745 g/mol. The fourth-order valence-electron chi connectivity index (χ4n) is 1.94. The molecule has 0 spiro atoms. The van der Waals surface area contributed by atoms with Gasteiger partial charge in [0.25, 0.3) is 0 Å². The topological polar surface area (TPSA) is 223 Å². The highest BCUT2D eigenvalue weighted by atomic mass is 79.9. The molecule has 5 N–H and O–H groups in total. The molecule has 0 rings (SSSR count). The maximum Gasteiger partial charge on any atom is 0.407 e. The monoisotopic (exact) mass is 743 g/mol. The molecule has 16 nitrogen and oxygen atoms in total. The summed E-state index contributed by atoms with van der Waals surface area (Å²) < 4.78 is 29.6. The number of alkyl halides is 2. The standard InChI is InChI=1S/C9H18BrNO3.C9H19NO4.C4H9ClO2.C4H9N3O2.CH4/c1-9(2,3)14-8(12)11-5-7-13-6-4-10;1-9(2,3)14-8(12)10-4-6-13-7-5-11;5-1-3-7-4-2-6;5-7-6-1-3-9-4-2-8;/h4-7H2,1-3H3,(H,11,12);11H,4-7H2,1-3H3,(H,10,12);6H,1-4H2;8H,1-4H2;1H4. The third-order valence-electron chi connectivity index (χ3n) is 3.38. The number of nitrogens with one attached hydrogen (secondary N) is 2. The first-order valence-corrected chi connectivity index (χ1v) is 15.6. The fourth-order valence-corrected chi connectivity index (χ4v) is 2.28. The van der Waals surface area contributed by atoms with E-state index < -0.39 is 23.4 Å². The van der Waals surface area contributed by atoms with Gasteiger partial charge < -0.3 is 54.4 Å². The van der Waals surface area contributed by atoms with Gasteiger partial charge in [-0.15, -0.1) is 11.6 Å². The molecular weight excluding hydrogens is 686 g/mol. The van der Waals surface area contributed by atoms with Gasteiger partial charge in [-0.25, -0.2) is 9.59 Å². The Morgan fingerprint density at radius 2 is 1.11 bits per heavy atom. The van der Waals surface area contributed by atoms with Crippen molar-refractivity contribution in [2.24, 2.45) is 5.11 Å². The smallest absolute Gasteiger partial charge is 0.407 e. The molecule has 0 atom stereocenters. The van der Waals surface area contributed by atoms with Gasteiger partial charge in [0.1, 0.15) is 11.2 Å². The summed E-state index contributed by atoms with van der Waals surface area (Å²) in [4.78, 5) is 24.7. The van der Waals surface area contributed by atoms with Crippen LogP contribution in [0.4, 0.5) is 9.59 Å². The maximum atomic E-state index is 11.1. The van der Waals surface area contributed by atoms with Crippen molar-refractivity contribution in [1.82, 2.24) is 10.6 Å². The van der Waals surface area contributed by atoms with E-state index in [2.05, 4.69) is 36.6 Å². The average Bonchev–Trinajstić information content (AvgIpc) is 2.92. The number of carbonyl (C=O) groups excluding carboxylic acids is 2. The molecule has 0 aromatic carbocycles. The first-order chi connectivity index (χ1) is 20.7. The van der Waals surface area contributed by atoms with Gasteiger partial charge in [0.05, 0.1) is 72.7 Å². The van der Waals surface area contributed by atoms with Gasteiger partial charge in [-0.1, -0.05) is 28.5 Å². The van der Waals surface area contributed by atoms with E-state index in [0.717, 1.165) is 5.33 Å². The zero-order valence-electron chi connectivity index (χ0n) is 27.0. The maximum absolute atomic E-state index is 11.1. The number of ether oxygens (including phenoxy) is 6. The third-order valence-corrected chi connectivity index (χ3v) is 3.86. The minimum atomic E-state index is -0.476. The van der Waals surface area contributed by atoms with Gasteiger partial charge in [0.2, 0.25) is 0 Å². The van der Waals surface area contributed by atoms with Gasteiger partial charge in [-0.05, 0) is 47.1 Å². The van der Waals surface area contributed by atoms with Crippen molar-refractivity contribution >= 4 is 39.7 Å². The first-order valence-electron chi connectivity index (χ1n) is 13.9. The molecule has 2 amide bonds. The van der Waals surface area contributed by atoms with E-state index in [-0.39, 0.29) is 33.9 Å². The van der Waals surface area contributed by atoms with Crippen LogP contribution >= 0.6 is 27.5 Å². The number of azide groups is 1. The van der Waals surface area contributed by atoms with E-state index in [1.807, 2.05) is 20.8 Å². The fraction of sp³-hybridized carbons (Fsp3) is 0.926. The molecule has 0 unspecified atom stereocenters. The molecule has 0 aliphatic rings. The highest BCUT2D eigenvalue weighted by molar-refractivity contribution is 9.09. The zero-order chi connectivity index (χ0) is 34.5. The number of carbonyl (C=O) groups is 2. The van der Waals surface area contributed by atoms with Crippen molar-refractivity contribution < 1.29 is 53.3 Å². The first kappa shape index (κ1) is 52.9. The normalized spacial score (nSPS) is 10.1. The van der Waals surface area contributed by atoms with Crippen LogP contribution in [-0.2, 0) is 28.4 Å². The number of rotatable bonds is 19. The molecular formula is C27H59BrClN5O11. The lowest BCUT2D eigenvalue weighted by atomic mass is 10.2. The van der Waals surface area contributed by atoms with Crippen LogP contribution < -0.4 is 10.6 Å². The number of aliphatic hydroxyl groups excluding tert-OH is 3. The molecule has 0 saturated carbocycles. The summed E-state index contributed by atoms with van der Waals surface area (Å²) >= 11 is 8.46. The number of alkyl carbamates (subject to hydrolysis) is 2. The molecule has 0 saturated heterocycles. The Balaban J connectivity index is -0.000000163. The zero-order valence-corrected chi connectivity index (χ0v) is 29.4. The van der Waals surface area contributed by atoms with Crippen molar-refractivity contribution in [3.8, 4) is 0 Å². The summed E-state index contributed by atoms with van der Waals surface area (Å²) in [5, 5.41) is 33.9. The SMILES string of the molecule is C.CC(C)(C)OC(=O)NCCOCCBr.CC(C)(C)OC(=O)NCCOCCO.OCCOCCCl.[N-]=[N+]=NCCOCCO. The molecule has 45 heavy (non-hydrogen) atoms. The van der Waals surface area contributed by atoms with Gasteiger partial charge >= 0.3 is 12.2 Å². The van der Waals surface area contributed by atoms with Gasteiger partial charge in [0, 0.05) is 35.8 Å². The lowest BCUT2D eigenvalue weighted by Crippen LogP contribution is -2.34. The minimum Gasteiger partial charge on any atom is -0.444 e. The second-order valence-corrected chi connectivity index (χ2v) is 11.0. The number of nitrogens with zero attached hydrogens (tertiary/aromatic N) is 3. The molecule has 0 bridgehead atoms. The van der Waals surface area contributed by atoms with Crippen LogP contribution in [0, 0.1) is 0 Å². The molecule has 272 valence electrons. The van der Waals surface area contributed by atoms with Crippen LogP contribution in [-0.4, -0.2) is 142 Å². The Kier molecular flexibility index (Phi) is 47.4. The highest BCUT2D eigenvalue weighted by Crippen LogP contribution is 2.06. The number of hydrogen-bond donors (Lipinski definition) is 5. The highest BCUT2D eigenvalue weighted by Gasteiger charge is 2.16. The molecule has 0 aliphatic carbocycles. The Labute approximate surface area is 282 Å².